The van der Waals surface area contributed by atoms with Gasteiger partial charge in [0, 0.05) is 43.1 Å². The molecule has 2 aromatic rings. The summed E-state index contributed by atoms with van der Waals surface area (Å²) >= 11 is 5.92. The van der Waals surface area contributed by atoms with Crippen LogP contribution < -0.4 is 5.32 Å². The summed E-state index contributed by atoms with van der Waals surface area (Å²) in [5, 5.41) is 11.8. The molecule has 0 aromatic heterocycles. The highest BCUT2D eigenvalue weighted by molar-refractivity contribution is 6.30. The van der Waals surface area contributed by atoms with Crippen molar-refractivity contribution in [3.05, 3.63) is 69.7 Å². The molecular formula is C27H28ClF6N3O2. The van der Waals surface area contributed by atoms with E-state index in [0.717, 1.165) is 11.3 Å². The molecule has 12 heteroatoms. The summed E-state index contributed by atoms with van der Waals surface area (Å²) in [7, 11) is 1.28. The van der Waals surface area contributed by atoms with E-state index in [1.165, 1.54) is 7.05 Å². The smallest absolute Gasteiger partial charge is 0.356 e. The molecule has 0 spiro atoms. The third-order valence-corrected chi connectivity index (χ3v) is 6.33. The Morgan fingerprint density at radius 1 is 0.974 bits per heavy atom. The van der Waals surface area contributed by atoms with E-state index in [9.17, 15) is 35.9 Å². The Labute approximate surface area is 227 Å². The van der Waals surface area contributed by atoms with Crippen LogP contribution >= 0.6 is 11.6 Å². The summed E-state index contributed by atoms with van der Waals surface area (Å²) in [6.07, 6.45) is -7.33. The van der Waals surface area contributed by atoms with Crippen molar-refractivity contribution in [1.29, 1.82) is 5.26 Å². The van der Waals surface area contributed by atoms with Crippen LogP contribution in [0.5, 0.6) is 0 Å². The molecule has 0 fully saturated rings. The molecular weight excluding hydrogens is 548 g/mol. The molecule has 2 amide bonds. The summed E-state index contributed by atoms with van der Waals surface area (Å²) in [6, 6.07) is 8.65. The molecule has 0 aliphatic rings. The molecule has 2 aromatic carbocycles. The van der Waals surface area contributed by atoms with Crippen molar-refractivity contribution < 1.29 is 35.9 Å². The van der Waals surface area contributed by atoms with Gasteiger partial charge in [-0.15, -0.1) is 0 Å². The number of carbonyl (C=O) groups is 2. The number of halogens is 7. The predicted octanol–water partition coefficient (Wildman–Crippen LogP) is 7.04. The fourth-order valence-corrected chi connectivity index (χ4v) is 4.02. The van der Waals surface area contributed by atoms with Gasteiger partial charge in [-0.2, -0.15) is 31.6 Å². The van der Waals surface area contributed by atoms with Crippen LogP contribution in [0.1, 0.15) is 65.6 Å². The second kappa shape index (κ2) is 14.2. The lowest BCUT2D eigenvalue weighted by Gasteiger charge is -2.29. The van der Waals surface area contributed by atoms with Gasteiger partial charge in [-0.1, -0.05) is 30.2 Å². The van der Waals surface area contributed by atoms with E-state index < -0.39 is 41.0 Å². The van der Waals surface area contributed by atoms with E-state index in [-0.39, 0.29) is 31.2 Å². The zero-order valence-corrected chi connectivity index (χ0v) is 21.9. The number of unbranched alkanes of at least 4 members (excludes halogenated alkanes) is 3. The van der Waals surface area contributed by atoms with Gasteiger partial charge in [0.15, 0.2) is 0 Å². The van der Waals surface area contributed by atoms with E-state index in [4.69, 9.17) is 16.9 Å². The predicted molar refractivity (Wildman–Crippen MR) is 134 cm³/mol. The maximum absolute atomic E-state index is 13.3. The molecule has 39 heavy (non-hydrogen) atoms. The van der Waals surface area contributed by atoms with E-state index in [1.54, 1.807) is 24.3 Å². The van der Waals surface area contributed by atoms with Crippen molar-refractivity contribution in [3.63, 3.8) is 0 Å². The zero-order chi connectivity index (χ0) is 29.2. The quantitative estimate of drug-likeness (QED) is 0.218. The topological polar surface area (TPSA) is 73.2 Å². The molecule has 2 rings (SSSR count). The van der Waals surface area contributed by atoms with E-state index in [1.807, 2.05) is 6.07 Å². The summed E-state index contributed by atoms with van der Waals surface area (Å²) in [6.45, 7) is 0.394. The number of likely N-dealkylation sites (N-methyl/N-ethyl adjacent to an activating group) is 1. The first-order chi connectivity index (χ1) is 18.2. The van der Waals surface area contributed by atoms with E-state index >= 15 is 0 Å². The number of hydrogen-bond acceptors (Lipinski definition) is 3. The SMILES string of the molecule is CN(C(=O)c1cc(C(F)(F)F)cc(C(F)(F)F)c1)C(CCC(=O)NCCCCCC#N)Cc1ccc(Cl)cc1. The van der Waals surface area contributed by atoms with Gasteiger partial charge in [-0.05, 0) is 61.6 Å². The van der Waals surface area contributed by atoms with Crippen LogP contribution in [0.2, 0.25) is 5.02 Å². The fraction of sp³-hybridized carbons (Fsp3) is 0.444. The van der Waals surface area contributed by atoms with Gasteiger partial charge in [-0.3, -0.25) is 9.59 Å². The van der Waals surface area contributed by atoms with Crippen LogP contribution in [0.25, 0.3) is 0 Å². The van der Waals surface area contributed by atoms with Crippen molar-refractivity contribution in [1.82, 2.24) is 10.2 Å². The minimum Gasteiger partial charge on any atom is -0.356 e. The standard InChI is InChI=1S/C27H28ClF6N3O2/c1-37(25(39)19-15-20(26(29,30)31)17-21(16-19)27(32,33)34)23(14-18-6-8-22(28)9-7-18)10-11-24(38)36-13-5-3-2-4-12-35/h6-9,15-17,23H,2-5,10-11,13-14H2,1H3,(H,36,38). The highest BCUT2D eigenvalue weighted by atomic mass is 35.5. The lowest BCUT2D eigenvalue weighted by Crippen LogP contribution is -2.39. The summed E-state index contributed by atoms with van der Waals surface area (Å²) < 4.78 is 79.9. The molecule has 0 aliphatic heterocycles. The van der Waals surface area contributed by atoms with Crippen LogP contribution in [0.4, 0.5) is 26.3 Å². The number of hydrogen-bond donors (Lipinski definition) is 1. The Morgan fingerprint density at radius 2 is 1.56 bits per heavy atom. The van der Waals surface area contributed by atoms with Crippen molar-refractivity contribution in [2.45, 2.75) is 63.3 Å². The molecule has 212 valence electrons. The number of rotatable bonds is 12. The Kier molecular flexibility index (Phi) is 11.6. The van der Waals surface area contributed by atoms with Gasteiger partial charge in [0.25, 0.3) is 5.91 Å². The normalized spacial score (nSPS) is 12.5. The molecule has 5 nitrogen and oxygen atoms in total. The lowest BCUT2D eigenvalue weighted by atomic mass is 9.98. The van der Waals surface area contributed by atoms with Gasteiger partial charge in [0.05, 0.1) is 17.2 Å². The largest absolute Gasteiger partial charge is 0.416 e. The van der Waals surface area contributed by atoms with Gasteiger partial charge in [0.1, 0.15) is 0 Å². The molecule has 1 atom stereocenters. The van der Waals surface area contributed by atoms with Crippen molar-refractivity contribution in [2.75, 3.05) is 13.6 Å². The number of nitrogens with zero attached hydrogens (tertiary/aromatic N) is 2. The Morgan fingerprint density at radius 3 is 2.10 bits per heavy atom. The molecule has 0 aliphatic carbocycles. The van der Waals surface area contributed by atoms with E-state index in [2.05, 4.69) is 5.32 Å². The van der Waals surface area contributed by atoms with Gasteiger partial charge in [0.2, 0.25) is 5.91 Å². The molecule has 1 unspecified atom stereocenters. The summed E-state index contributed by atoms with van der Waals surface area (Å²) in [4.78, 5) is 26.6. The third kappa shape index (κ3) is 10.4. The first kappa shape index (κ1) is 32.0. The number of amides is 2. The first-order valence-electron chi connectivity index (χ1n) is 12.2. The van der Waals surface area contributed by atoms with Gasteiger partial charge >= 0.3 is 12.4 Å². The van der Waals surface area contributed by atoms with Crippen LogP contribution in [-0.4, -0.2) is 36.3 Å². The van der Waals surface area contributed by atoms with E-state index in [0.29, 0.717) is 48.5 Å². The Balaban J connectivity index is 2.24. The molecule has 0 saturated carbocycles. The zero-order valence-electron chi connectivity index (χ0n) is 21.1. The van der Waals surface area contributed by atoms with Crippen molar-refractivity contribution in [3.8, 4) is 6.07 Å². The molecule has 0 heterocycles. The minimum absolute atomic E-state index is 0.0233. The van der Waals surface area contributed by atoms with Crippen molar-refractivity contribution in [2.24, 2.45) is 0 Å². The number of nitrogens with one attached hydrogen (secondary N) is 1. The van der Waals surface area contributed by atoms with Gasteiger partial charge in [-0.25, -0.2) is 0 Å². The van der Waals surface area contributed by atoms with Crippen LogP contribution in [0.15, 0.2) is 42.5 Å². The summed E-state index contributed by atoms with van der Waals surface area (Å²) in [5.74, 6) is -1.35. The Bertz CT molecular complexity index is 1130. The molecule has 0 saturated heterocycles. The van der Waals surface area contributed by atoms with Crippen LogP contribution in [0, 0.1) is 11.3 Å². The minimum atomic E-state index is -5.09. The number of alkyl halides is 6. The average Bonchev–Trinajstić information content (AvgIpc) is 2.87. The first-order valence-corrected chi connectivity index (χ1v) is 12.5. The maximum Gasteiger partial charge on any atom is 0.416 e. The molecule has 1 N–H and O–H groups in total. The highest BCUT2D eigenvalue weighted by Crippen LogP contribution is 2.36. The monoisotopic (exact) mass is 575 g/mol. The maximum atomic E-state index is 13.3. The highest BCUT2D eigenvalue weighted by Gasteiger charge is 2.38. The fourth-order valence-electron chi connectivity index (χ4n) is 3.89. The van der Waals surface area contributed by atoms with Crippen LogP contribution in [0.3, 0.4) is 0 Å². The van der Waals surface area contributed by atoms with Crippen LogP contribution in [-0.2, 0) is 23.6 Å². The lowest BCUT2D eigenvalue weighted by molar-refractivity contribution is -0.143. The Hall–Kier alpha value is -3.26. The number of nitriles is 1. The summed E-state index contributed by atoms with van der Waals surface area (Å²) in [5.41, 5.74) is -3.22. The van der Waals surface area contributed by atoms with Gasteiger partial charge < -0.3 is 10.2 Å². The third-order valence-electron chi connectivity index (χ3n) is 6.08. The molecule has 0 bridgehead atoms. The molecule has 0 radical (unpaired) electrons. The second-order valence-corrected chi connectivity index (χ2v) is 9.49. The number of benzene rings is 2. The second-order valence-electron chi connectivity index (χ2n) is 9.05. The number of carbonyl (C=O) groups excluding carboxylic acids is 2. The van der Waals surface area contributed by atoms with Crippen molar-refractivity contribution >= 4 is 23.4 Å². The average molecular weight is 576 g/mol.